The van der Waals surface area contributed by atoms with Crippen LogP contribution in [0.3, 0.4) is 0 Å². The Balaban J connectivity index is 1.75. The fourth-order valence-electron chi connectivity index (χ4n) is 2.73. The van der Waals surface area contributed by atoms with Gasteiger partial charge in [-0.15, -0.1) is 0 Å². The Bertz CT molecular complexity index is 258. The first kappa shape index (κ1) is 13.8. The van der Waals surface area contributed by atoms with Crippen LogP contribution >= 0.6 is 0 Å². The highest BCUT2D eigenvalue weighted by Crippen LogP contribution is 2.26. The van der Waals surface area contributed by atoms with Gasteiger partial charge in [0.2, 0.25) is 5.91 Å². The molecule has 104 valence electrons. The van der Waals surface area contributed by atoms with Gasteiger partial charge in [0.1, 0.15) is 0 Å². The summed E-state index contributed by atoms with van der Waals surface area (Å²) in [7, 11) is 0. The van der Waals surface area contributed by atoms with Gasteiger partial charge in [0.15, 0.2) is 0 Å². The number of hydrogen-bond acceptors (Lipinski definition) is 3. The first-order valence-electron chi connectivity index (χ1n) is 7.50. The molecule has 4 heteroatoms. The molecule has 1 amide bonds. The van der Waals surface area contributed by atoms with Crippen LogP contribution in [0.1, 0.15) is 32.6 Å². The summed E-state index contributed by atoms with van der Waals surface area (Å²) < 4.78 is 0. The third-order valence-corrected chi connectivity index (χ3v) is 4.24. The number of carbonyl (C=O) groups is 1. The van der Waals surface area contributed by atoms with Crippen LogP contribution in [0, 0.1) is 5.92 Å². The summed E-state index contributed by atoms with van der Waals surface area (Å²) in [6.45, 7) is 8.68. The fraction of sp³-hybridized carbons (Fsp3) is 0.929. The number of amides is 1. The van der Waals surface area contributed by atoms with Crippen molar-refractivity contribution in [1.29, 1.82) is 0 Å². The Labute approximate surface area is 111 Å². The molecule has 0 unspecified atom stereocenters. The molecule has 2 rings (SSSR count). The third-order valence-electron chi connectivity index (χ3n) is 4.24. The molecular weight excluding hydrogens is 226 g/mol. The predicted octanol–water partition coefficient (Wildman–Crippen LogP) is 0.930. The van der Waals surface area contributed by atoms with Crippen LogP contribution in [0.2, 0.25) is 0 Å². The average Bonchev–Trinajstić information content (AvgIpc) is 2.60. The summed E-state index contributed by atoms with van der Waals surface area (Å²) in [5.41, 5.74) is 0. The highest BCUT2D eigenvalue weighted by molar-refractivity contribution is 5.78. The smallest absolute Gasteiger partial charge is 0.236 e. The zero-order valence-electron chi connectivity index (χ0n) is 11.7. The maximum Gasteiger partial charge on any atom is 0.236 e. The highest BCUT2D eigenvalue weighted by Gasteiger charge is 2.23. The van der Waals surface area contributed by atoms with E-state index in [9.17, 15) is 4.79 Å². The largest absolute Gasteiger partial charge is 0.340 e. The van der Waals surface area contributed by atoms with E-state index in [1.807, 2.05) is 4.90 Å². The Morgan fingerprint density at radius 3 is 2.78 bits per heavy atom. The molecule has 1 aliphatic heterocycles. The van der Waals surface area contributed by atoms with E-state index in [0.29, 0.717) is 12.5 Å². The van der Waals surface area contributed by atoms with Gasteiger partial charge in [-0.3, -0.25) is 9.69 Å². The van der Waals surface area contributed by atoms with E-state index in [0.717, 1.165) is 51.6 Å². The van der Waals surface area contributed by atoms with Crippen LogP contribution in [0.15, 0.2) is 0 Å². The molecule has 2 aliphatic rings. The van der Waals surface area contributed by atoms with Crippen molar-refractivity contribution in [3.8, 4) is 0 Å². The Morgan fingerprint density at radius 2 is 2.11 bits per heavy atom. The number of likely N-dealkylation sites (N-methyl/N-ethyl adjacent to an activating group) is 1. The molecule has 1 heterocycles. The van der Waals surface area contributed by atoms with Gasteiger partial charge in [-0.25, -0.2) is 0 Å². The molecule has 0 atom stereocenters. The highest BCUT2D eigenvalue weighted by atomic mass is 16.2. The topological polar surface area (TPSA) is 35.6 Å². The lowest BCUT2D eigenvalue weighted by Gasteiger charge is -2.32. The van der Waals surface area contributed by atoms with Gasteiger partial charge in [-0.05, 0) is 38.3 Å². The summed E-state index contributed by atoms with van der Waals surface area (Å²) in [5, 5.41) is 3.34. The van der Waals surface area contributed by atoms with Gasteiger partial charge >= 0.3 is 0 Å². The number of carbonyl (C=O) groups excluding carboxylic acids is 1. The van der Waals surface area contributed by atoms with E-state index in [-0.39, 0.29) is 0 Å². The van der Waals surface area contributed by atoms with Crippen LogP contribution in [0.4, 0.5) is 0 Å². The first-order chi connectivity index (χ1) is 8.79. The summed E-state index contributed by atoms with van der Waals surface area (Å²) in [6, 6.07) is 0. The summed E-state index contributed by atoms with van der Waals surface area (Å²) in [5.74, 6) is 1.17. The average molecular weight is 253 g/mol. The van der Waals surface area contributed by atoms with E-state index < -0.39 is 0 Å². The monoisotopic (exact) mass is 253 g/mol. The van der Waals surface area contributed by atoms with E-state index in [1.54, 1.807) is 0 Å². The minimum Gasteiger partial charge on any atom is -0.340 e. The minimum atomic E-state index is 0.319. The van der Waals surface area contributed by atoms with Crippen molar-refractivity contribution < 1.29 is 4.79 Å². The SMILES string of the molecule is CCN(CC(=O)N1CCCNCC1)CC1CCC1. The molecule has 0 radical (unpaired) electrons. The van der Waals surface area contributed by atoms with Crippen molar-refractivity contribution in [3.63, 3.8) is 0 Å². The minimum absolute atomic E-state index is 0.319. The van der Waals surface area contributed by atoms with Gasteiger partial charge in [0.25, 0.3) is 0 Å². The van der Waals surface area contributed by atoms with Crippen LogP contribution < -0.4 is 5.32 Å². The molecule has 1 saturated heterocycles. The zero-order chi connectivity index (χ0) is 12.8. The Kier molecular flexibility index (Phi) is 5.45. The number of rotatable bonds is 5. The third kappa shape index (κ3) is 3.95. The number of hydrogen-bond donors (Lipinski definition) is 1. The van der Waals surface area contributed by atoms with Crippen molar-refractivity contribution in [2.75, 3.05) is 45.8 Å². The van der Waals surface area contributed by atoms with Gasteiger partial charge < -0.3 is 10.2 Å². The first-order valence-corrected chi connectivity index (χ1v) is 7.50. The predicted molar refractivity (Wildman–Crippen MR) is 73.5 cm³/mol. The van der Waals surface area contributed by atoms with Gasteiger partial charge in [-0.1, -0.05) is 13.3 Å². The molecule has 4 nitrogen and oxygen atoms in total. The van der Waals surface area contributed by atoms with Gasteiger partial charge in [0.05, 0.1) is 6.54 Å². The lowest BCUT2D eigenvalue weighted by molar-refractivity contribution is -0.132. The molecule has 0 bridgehead atoms. The number of nitrogens with zero attached hydrogens (tertiary/aromatic N) is 2. The molecular formula is C14H27N3O. The van der Waals surface area contributed by atoms with Gasteiger partial charge in [0, 0.05) is 26.2 Å². The van der Waals surface area contributed by atoms with Crippen molar-refractivity contribution >= 4 is 5.91 Å². The molecule has 0 aromatic heterocycles. The van der Waals surface area contributed by atoms with Crippen LogP contribution in [0.5, 0.6) is 0 Å². The molecule has 0 spiro atoms. The second-order valence-corrected chi connectivity index (χ2v) is 5.61. The summed E-state index contributed by atoms with van der Waals surface area (Å²) in [4.78, 5) is 16.6. The van der Waals surface area contributed by atoms with Crippen LogP contribution in [0.25, 0.3) is 0 Å². The van der Waals surface area contributed by atoms with Crippen LogP contribution in [-0.4, -0.2) is 61.5 Å². The Morgan fingerprint density at radius 1 is 1.28 bits per heavy atom. The molecule has 0 aromatic carbocycles. The van der Waals surface area contributed by atoms with E-state index in [4.69, 9.17) is 0 Å². The molecule has 1 aliphatic carbocycles. The molecule has 0 aromatic rings. The summed E-state index contributed by atoms with van der Waals surface area (Å²) in [6.07, 6.45) is 5.19. The normalized spacial score (nSPS) is 21.8. The van der Waals surface area contributed by atoms with Gasteiger partial charge in [-0.2, -0.15) is 0 Å². The van der Waals surface area contributed by atoms with E-state index in [2.05, 4.69) is 17.1 Å². The molecule has 1 N–H and O–H groups in total. The van der Waals surface area contributed by atoms with Crippen molar-refractivity contribution in [3.05, 3.63) is 0 Å². The summed E-state index contributed by atoms with van der Waals surface area (Å²) >= 11 is 0. The van der Waals surface area contributed by atoms with E-state index >= 15 is 0 Å². The second kappa shape index (κ2) is 7.10. The molecule has 2 fully saturated rings. The molecule has 18 heavy (non-hydrogen) atoms. The van der Waals surface area contributed by atoms with Crippen molar-refractivity contribution in [2.45, 2.75) is 32.6 Å². The maximum atomic E-state index is 12.3. The Hall–Kier alpha value is -0.610. The quantitative estimate of drug-likeness (QED) is 0.792. The van der Waals surface area contributed by atoms with E-state index in [1.165, 1.54) is 19.3 Å². The van der Waals surface area contributed by atoms with Crippen LogP contribution in [-0.2, 0) is 4.79 Å². The maximum absolute atomic E-state index is 12.3. The number of nitrogens with one attached hydrogen (secondary N) is 1. The lowest BCUT2D eigenvalue weighted by Crippen LogP contribution is -2.43. The lowest BCUT2D eigenvalue weighted by atomic mass is 9.85. The molecule has 1 saturated carbocycles. The van der Waals surface area contributed by atoms with Crippen molar-refractivity contribution in [2.24, 2.45) is 5.92 Å². The standard InChI is InChI=1S/C14H27N3O/c1-2-16(11-13-5-3-6-13)12-14(18)17-9-4-7-15-8-10-17/h13,15H,2-12H2,1H3. The zero-order valence-corrected chi connectivity index (χ0v) is 11.7. The fourth-order valence-corrected chi connectivity index (χ4v) is 2.73. The van der Waals surface area contributed by atoms with Crippen molar-refractivity contribution in [1.82, 2.24) is 15.1 Å². The second-order valence-electron chi connectivity index (χ2n) is 5.61.